The number of hydrogen-bond acceptors (Lipinski definition) is 5. The largest absolute Gasteiger partial charge is 0.453 e. The number of benzene rings is 1. The predicted octanol–water partition coefficient (Wildman–Crippen LogP) is 1.64. The number of anilines is 1. The van der Waals surface area contributed by atoms with Gasteiger partial charge >= 0.3 is 6.09 Å². The van der Waals surface area contributed by atoms with Crippen molar-refractivity contribution in [2.75, 3.05) is 26.1 Å². The Labute approximate surface area is 143 Å². The van der Waals surface area contributed by atoms with Crippen molar-refractivity contribution >= 4 is 17.7 Å². The number of methoxy groups -OCH3 is 1. The number of rotatable bonds is 6. The summed E-state index contributed by atoms with van der Waals surface area (Å²) < 4.78 is 4.58. The van der Waals surface area contributed by atoms with Gasteiger partial charge in [0.2, 0.25) is 0 Å². The second kappa shape index (κ2) is 8.54. The predicted molar refractivity (Wildman–Crippen MR) is 94.5 cm³/mol. The van der Waals surface area contributed by atoms with Crippen molar-refractivity contribution in [3.63, 3.8) is 0 Å². The van der Waals surface area contributed by atoms with Gasteiger partial charge in [0.25, 0.3) is 5.91 Å². The minimum atomic E-state index is -0.714. The molecule has 1 aromatic carbocycles. The summed E-state index contributed by atoms with van der Waals surface area (Å²) in [5, 5.41) is 2.56. The second-order valence-electron chi connectivity index (χ2n) is 6.84. The molecule has 1 atom stereocenters. The molecule has 0 heterocycles. The molecule has 0 fully saturated rings. The lowest BCUT2D eigenvalue weighted by atomic mass is 9.86. The smallest absolute Gasteiger partial charge is 0.407 e. The molecule has 0 spiro atoms. The molecule has 3 N–H and O–H groups in total. The number of alkyl carbamates (subject to hydrolysis) is 1. The Hall–Kier alpha value is -2.28. The van der Waals surface area contributed by atoms with Gasteiger partial charge in [0.1, 0.15) is 6.04 Å². The molecular formula is C17H28N4O3. The normalized spacial score (nSPS) is 12.2. The molecule has 1 aromatic rings. The summed E-state index contributed by atoms with van der Waals surface area (Å²) in [6.45, 7) is 6.09. The first kappa shape index (κ1) is 19.8. The maximum atomic E-state index is 12.3. The van der Waals surface area contributed by atoms with Crippen molar-refractivity contribution in [3.05, 3.63) is 29.8 Å². The Morgan fingerprint density at radius 2 is 1.75 bits per heavy atom. The lowest BCUT2D eigenvalue weighted by molar-refractivity contribution is -0.126. The van der Waals surface area contributed by atoms with E-state index in [0.717, 1.165) is 11.3 Å². The fourth-order valence-electron chi connectivity index (χ4n) is 2.07. The molecule has 7 nitrogen and oxygen atoms in total. The van der Waals surface area contributed by atoms with Gasteiger partial charge in [0, 0.05) is 26.3 Å². The van der Waals surface area contributed by atoms with Crippen LogP contribution >= 0.6 is 0 Å². The third-order valence-electron chi connectivity index (χ3n) is 3.53. The molecule has 2 amide bonds. The number of carbonyl (C=O) groups excluding carboxylic acids is 2. The number of amides is 2. The fraction of sp³-hybridized carbons (Fsp3) is 0.529. The number of nitrogens with zero attached hydrogens (tertiary/aromatic N) is 1. The summed E-state index contributed by atoms with van der Waals surface area (Å²) in [6, 6.07) is 7.28. The SMILES string of the molecule is COC(=O)N[C@H](C(=O)NNCc1ccc(N(C)C)cc1)C(C)(C)C. The first-order valence-corrected chi connectivity index (χ1v) is 7.78. The van der Waals surface area contributed by atoms with E-state index in [1.54, 1.807) is 0 Å². The maximum Gasteiger partial charge on any atom is 0.407 e. The topological polar surface area (TPSA) is 82.7 Å². The molecule has 7 heteroatoms. The van der Waals surface area contributed by atoms with Crippen molar-refractivity contribution in [2.45, 2.75) is 33.4 Å². The number of hydrazine groups is 1. The molecule has 0 aliphatic carbocycles. The monoisotopic (exact) mass is 336 g/mol. The fourth-order valence-corrected chi connectivity index (χ4v) is 2.07. The van der Waals surface area contributed by atoms with Crippen molar-refractivity contribution in [1.29, 1.82) is 0 Å². The van der Waals surface area contributed by atoms with Crippen molar-refractivity contribution in [3.8, 4) is 0 Å². The van der Waals surface area contributed by atoms with Crippen LogP contribution in [0.5, 0.6) is 0 Å². The van der Waals surface area contributed by atoms with E-state index in [2.05, 4.69) is 20.9 Å². The summed E-state index contributed by atoms with van der Waals surface area (Å²) in [4.78, 5) is 25.8. The number of carbonyl (C=O) groups is 2. The molecule has 0 unspecified atom stereocenters. The quantitative estimate of drug-likeness (QED) is 0.688. The molecule has 134 valence electrons. The van der Waals surface area contributed by atoms with Gasteiger partial charge in [0.15, 0.2) is 0 Å². The van der Waals surface area contributed by atoms with E-state index in [9.17, 15) is 9.59 Å². The summed E-state index contributed by atoms with van der Waals surface area (Å²) in [5.41, 5.74) is 7.22. The summed E-state index contributed by atoms with van der Waals surface area (Å²) in [6.07, 6.45) is -0.635. The molecule has 0 saturated carbocycles. The van der Waals surface area contributed by atoms with Crippen LogP contribution in [0.4, 0.5) is 10.5 Å². The second-order valence-corrected chi connectivity index (χ2v) is 6.84. The average Bonchev–Trinajstić information content (AvgIpc) is 2.51. The standard InChI is InChI=1S/C17H28N4O3/c1-17(2,3)14(19-16(23)24-6)15(22)20-18-11-12-7-9-13(10-8-12)21(4)5/h7-10,14,18H,11H2,1-6H3,(H,19,23)(H,20,22)/t14-/m1/s1. The van der Waals surface area contributed by atoms with E-state index >= 15 is 0 Å². The Bertz CT molecular complexity index is 550. The van der Waals surface area contributed by atoms with E-state index in [1.165, 1.54) is 7.11 Å². The molecule has 0 bridgehead atoms. The zero-order valence-corrected chi connectivity index (χ0v) is 15.3. The van der Waals surface area contributed by atoms with Crippen LogP contribution in [0.1, 0.15) is 26.3 Å². The molecule has 0 aliphatic heterocycles. The van der Waals surface area contributed by atoms with Gasteiger partial charge in [-0.1, -0.05) is 32.9 Å². The van der Waals surface area contributed by atoms with Crippen molar-refractivity contribution < 1.29 is 14.3 Å². The Kier molecular flexibility index (Phi) is 7.03. The van der Waals surface area contributed by atoms with Crippen molar-refractivity contribution in [1.82, 2.24) is 16.2 Å². The third-order valence-corrected chi connectivity index (χ3v) is 3.53. The highest BCUT2D eigenvalue weighted by Crippen LogP contribution is 2.19. The summed E-state index contributed by atoms with van der Waals surface area (Å²) >= 11 is 0. The molecular weight excluding hydrogens is 308 g/mol. The van der Waals surface area contributed by atoms with Gasteiger partial charge in [-0.15, -0.1) is 0 Å². The molecule has 1 rings (SSSR count). The van der Waals surface area contributed by atoms with E-state index < -0.39 is 17.6 Å². The highest BCUT2D eigenvalue weighted by molar-refractivity contribution is 5.86. The first-order chi connectivity index (χ1) is 11.1. The molecule has 0 saturated heterocycles. The number of ether oxygens (including phenoxy) is 1. The van der Waals surface area contributed by atoms with Crippen LogP contribution in [-0.2, 0) is 16.1 Å². The van der Waals surface area contributed by atoms with Gasteiger partial charge in [-0.3, -0.25) is 10.2 Å². The lowest BCUT2D eigenvalue weighted by Gasteiger charge is -2.29. The van der Waals surface area contributed by atoms with E-state index in [4.69, 9.17) is 0 Å². The van der Waals surface area contributed by atoms with Gasteiger partial charge in [-0.05, 0) is 23.1 Å². The third kappa shape index (κ3) is 6.08. The Balaban J connectivity index is 2.57. The van der Waals surface area contributed by atoms with Crippen LogP contribution in [0.25, 0.3) is 0 Å². The van der Waals surface area contributed by atoms with Gasteiger partial charge in [-0.2, -0.15) is 0 Å². The molecule has 0 radical (unpaired) electrons. The average molecular weight is 336 g/mol. The van der Waals surface area contributed by atoms with Crippen LogP contribution < -0.4 is 21.1 Å². The highest BCUT2D eigenvalue weighted by atomic mass is 16.5. The van der Waals surface area contributed by atoms with Gasteiger partial charge < -0.3 is 15.0 Å². The Morgan fingerprint density at radius 3 is 2.21 bits per heavy atom. The van der Waals surface area contributed by atoms with Crippen LogP contribution in [0.3, 0.4) is 0 Å². The molecule has 24 heavy (non-hydrogen) atoms. The minimum absolute atomic E-state index is 0.321. The van der Waals surface area contributed by atoms with Crippen LogP contribution in [-0.4, -0.2) is 39.2 Å². The number of nitrogens with one attached hydrogen (secondary N) is 3. The maximum absolute atomic E-state index is 12.3. The van der Waals surface area contributed by atoms with Crippen LogP contribution in [0, 0.1) is 5.41 Å². The summed E-state index contributed by atoms with van der Waals surface area (Å²) in [5.74, 6) is -0.321. The minimum Gasteiger partial charge on any atom is -0.453 e. The molecule has 0 aliphatic rings. The zero-order chi connectivity index (χ0) is 18.3. The molecule has 0 aromatic heterocycles. The first-order valence-electron chi connectivity index (χ1n) is 7.78. The van der Waals surface area contributed by atoms with Crippen LogP contribution in [0.2, 0.25) is 0 Å². The number of hydrogen-bond donors (Lipinski definition) is 3. The van der Waals surface area contributed by atoms with E-state index in [0.29, 0.717) is 6.54 Å². The van der Waals surface area contributed by atoms with Gasteiger partial charge in [-0.25, -0.2) is 10.2 Å². The lowest BCUT2D eigenvalue weighted by Crippen LogP contribution is -2.56. The van der Waals surface area contributed by atoms with Crippen LogP contribution in [0.15, 0.2) is 24.3 Å². The van der Waals surface area contributed by atoms with Crippen molar-refractivity contribution in [2.24, 2.45) is 5.41 Å². The Morgan fingerprint density at radius 1 is 1.17 bits per heavy atom. The van der Waals surface area contributed by atoms with E-state index in [1.807, 2.05) is 64.0 Å². The van der Waals surface area contributed by atoms with E-state index in [-0.39, 0.29) is 5.91 Å². The summed E-state index contributed by atoms with van der Waals surface area (Å²) in [7, 11) is 5.23. The highest BCUT2D eigenvalue weighted by Gasteiger charge is 2.33. The zero-order valence-electron chi connectivity index (χ0n) is 15.3. The van der Waals surface area contributed by atoms with Gasteiger partial charge in [0.05, 0.1) is 7.11 Å².